The van der Waals surface area contributed by atoms with Gasteiger partial charge in [-0.05, 0) is 190 Å². The van der Waals surface area contributed by atoms with Gasteiger partial charge in [0, 0.05) is 87.7 Å². The molecule has 32 nitrogen and oxygen atoms in total. The first-order valence-corrected chi connectivity index (χ1v) is 46.4. The van der Waals surface area contributed by atoms with Crippen molar-refractivity contribution in [1.29, 1.82) is 0 Å². The van der Waals surface area contributed by atoms with Crippen LogP contribution < -0.4 is 53.2 Å². The molecule has 0 spiro atoms. The minimum atomic E-state index is -1.87. The first-order chi connectivity index (χ1) is 59.7. The predicted octanol–water partition coefficient (Wildman–Crippen LogP) is 3.95. The van der Waals surface area contributed by atoms with Gasteiger partial charge in [0.25, 0.3) is 5.91 Å². The second kappa shape index (κ2) is 42.2. The number of hydrogen-bond donors (Lipinski definition) is 13. The Morgan fingerprint density at radius 2 is 1.40 bits per heavy atom. The highest BCUT2D eigenvalue weighted by Gasteiger charge is 2.69. The third-order valence-corrected chi connectivity index (χ3v) is 28.8. The fourth-order valence-corrected chi connectivity index (χ4v) is 22.3. The number of ether oxygens (including phenoxy) is 3. The van der Waals surface area contributed by atoms with Crippen molar-refractivity contribution in [1.82, 2.24) is 67.9 Å². The van der Waals surface area contributed by atoms with E-state index in [1.54, 1.807) is 117 Å². The summed E-state index contributed by atoms with van der Waals surface area (Å²) in [6.07, 6.45) is 16.9. The molecular weight excluding hydrogens is 1640 g/mol. The number of methoxy groups -OCH3 is 1. The van der Waals surface area contributed by atoms with Gasteiger partial charge in [0.15, 0.2) is 11.4 Å². The molecule has 5 aliphatic heterocycles. The van der Waals surface area contributed by atoms with Crippen LogP contribution in [0.4, 0.5) is 4.79 Å². The minimum absolute atomic E-state index is 0.0108. The molecule has 11 amide bonds. The number of alkyl carbamates (subject to hydrolysis) is 1. The van der Waals surface area contributed by atoms with Crippen LogP contribution in [-0.4, -0.2) is 255 Å². The highest BCUT2D eigenvalue weighted by atomic mass is 33.1. The summed E-state index contributed by atoms with van der Waals surface area (Å²) >= 11 is 0. The van der Waals surface area contributed by atoms with Crippen LogP contribution in [0.2, 0.25) is 0 Å². The SMILES string of the molecule is CO[C@@]1(C(=O)OCC(NC(=O)C2CSSCC(NC(=O)C(Cc3ccccc3)NC(=O)C3CCCN3C(=O)C3CCCN3C(=O)C3=CN(C)C=CC3)C(=O)NC(Cc3ccccc3)C(=O)NC(CC3=CNC4C=CC=CC34)C(=O)NC(CCCCNC(=O)OC(C)(C)C)C(=O)NC(C(C)O)C(=O)N2)C(C)O)CCC2C3CCC4=CC(=O)CCC4C3C(O)CC21C. The maximum atomic E-state index is 15.8. The standard InChI is InChI=1S/C91H123N13O19S2/c1-52(105)69(49-122-87(119)91(121-8)37-36-63-62-34-32-56-44-59(107)33-35-61(56)75(62)74(108)46-90(63,91)6)98-82(114)71-51-125-124-50-70(99-79(111)67(43-55-24-13-10-14-25-55)97-83(115)72-30-20-40-103(72)86(118)73-31-21-41-104(73)85(117)57-26-19-39-102(7)48-57)81(113)95-66(42-54-22-11-9-12-23-54)78(110)96-68(45-58-47-93-64-28-16-15-27-60(58)64)80(112)94-65(77(109)101-76(53(2)106)84(116)100-71)29-17-18-38-92-88(120)123-89(3,4)5/h9-16,19,22-25,27-28,39,44,47-48,52-53,60-76,93,105-106,108H,17-18,20-21,26,29-38,40-43,45-46,49-51H2,1-8H3,(H,92,120)(H,94,112)(H,95,113)(H,96,110)(H,97,115)(H,98,114)(H,99,111)(H,100,116)(H,101,109)/t52?,53?,60?,61?,62?,63?,64?,65?,66?,67?,68?,69?,70?,71?,72?,73?,74?,75?,76?,90?,91-/m1/s1. The van der Waals surface area contributed by atoms with Crippen LogP contribution in [-0.2, 0) is 84.6 Å². The van der Waals surface area contributed by atoms with Crippen LogP contribution in [0, 0.1) is 35.0 Å². The molecular formula is C91H123N13O19S2. The Bertz CT molecular complexity index is 4500. The first kappa shape index (κ1) is 94.3. The van der Waals surface area contributed by atoms with Crippen LogP contribution in [0.3, 0.4) is 0 Å². The Morgan fingerprint density at radius 3 is 2.10 bits per heavy atom. The minimum Gasteiger partial charge on any atom is -0.461 e. The number of allylic oxidation sites excluding steroid dienone is 4. The number of ketones is 1. The third-order valence-electron chi connectivity index (χ3n) is 26.4. The highest BCUT2D eigenvalue weighted by Crippen LogP contribution is 2.66. The molecule has 21 atom stereocenters. The monoisotopic (exact) mass is 1770 g/mol. The van der Waals surface area contributed by atoms with E-state index in [-0.39, 0.29) is 124 Å². The van der Waals surface area contributed by atoms with Gasteiger partial charge in [-0.15, -0.1) is 0 Å². The van der Waals surface area contributed by atoms with Crippen molar-refractivity contribution in [2.75, 3.05) is 51.9 Å². The number of carbonyl (C=O) groups is 13. The molecule has 5 heterocycles. The quantitative estimate of drug-likeness (QED) is 0.0380. The largest absolute Gasteiger partial charge is 0.461 e. The number of aliphatic hydroxyl groups excluding tert-OH is 3. The van der Waals surface area contributed by atoms with Crippen molar-refractivity contribution in [3.63, 3.8) is 0 Å². The number of nitrogens with one attached hydrogen (secondary N) is 10. The lowest BCUT2D eigenvalue weighted by atomic mass is 9.49. The van der Waals surface area contributed by atoms with Crippen LogP contribution in [0.25, 0.3) is 0 Å². The van der Waals surface area contributed by atoms with E-state index in [0.717, 1.165) is 27.2 Å². The lowest BCUT2D eigenvalue weighted by Crippen LogP contribution is -2.62. The van der Waals surface area contributed by atoms with Gasteiger partial charge in [0.2, 0.25) is 53.2 Å². The van der Waals surface area contributed by atoms with E-state index < -0.39 is 173 Å². The number of likely N-dealkylation sites (tertiary alicyclic amines) is 2. The lowest BCUT2D eigenvalue weighted by Gasteiger charge is -2.57. The zero-order valence-corrected chi connectivity index (χ0v) is 74.1. The molecule has 2 aromatic rings. The molecule has 5 aliphatic carbocycles. The number of rotatable bonds is 25. The summed E-state index contributed by atoms with van der Waals surface area (Å²) in [4.78, 5) is 197. The van der Waals surface area contributed by atoms with Gasteiger partial charge in [0.1, 0.15) is 66.6 Å². The Morgan fingerprint density at radius 1 is 0.728 bits per heavy atom. The second-order valence-electron chi connectivity index (χ2n) is 36.1. The van der Waals surface area contributed by atoms with Gasteiger partial charge < -0.3 is 97.4 Å². The molecule has 125 heavy (non-hydrogen) atoms. The number of nitrogens with zero attached hydrogens (tertiary/aromatic N) is 3. The number of esters is 1. The number of fused-ring (bicyclic) bond motifs is 6. The third kappa shape index (κ3) is 22.9. The zero-order valence-electron chi connectivity index (χ0n) is 72.4. The summed E-state index contributed by atoms with van der Waals surface area (Å²) in [6, 6.07) is 2.75. The van der Waals surface area contributed by atoms with E-state index in [2.05, 4.69) is 53.2 Å². The number of amides is 11. The van der Waals surface area contributed by atoms with E-state index >= 15 is 43.2 Å². The van der Waals surface area contributed by atoms with Crippen molar-refractivity contribution in [3.05, 3.63) is 144 Å². The van der Waals surface area contributed by atoms with Crippen LogP contribution in [0.1, 0.15) is 155 Å². The van der Waals surface area contributed by atoms with Crippen LogP contribution in [0.5, 0.6) is 0 Å². The first-order valence-electron chi connectivity index (χ1n) is 44.0. The summed E-state index contributed by atoms with van der Waals surface area (Å²) in [5.41, 5.74) is 0.0657. The average molecular weight is 1770 g/mol. The molecule has 13 N–H and O–H groups in total. The Balaban J connectivity index is 0.850. The van der Waals surface area contributed by atoms with Crippen LogP contribution >= 0.6 is 21.6 Å². The average Bonchev–Trinajstić information content (AvgIpc) is 1.57. The summed E-state index contributed by atoms with van der Waals surface area (Å²) in [7, 11) is 5.09. The van der Waals surface area contributed by atoms with E-state index in [1.165, 1.54) is 25.9 Å². The maximum absolute atomic E-state index is 15.8. The van der Waals surface area contributed by atoms with Gasteiger partial charge in [-0.25, -0.2) is 9.59 Å². The van der Waals surface area contributed by atoms with Gasteiger partial charge in [-0.1, -0.05) is 125 Å². The molecule has 678 valence electrons. The number of hydrogen-bond acceptors (Lipinski definition) is 23. The number of aliphatic hydroxyl groups is 3. The summed E-state index contributed by atoms with van der Waals surface area (Å²) in [5.74, 6) is -9.88. The zero-order chi connectivity index (χ0) is 89.6. The Hall–Kier alpha value is -9.87. The van der Waals surface area contributed by atoms with E-state index in [1.807, 2.05) is 43.5 Å². The molecule has 2 aromatic carbocycles. The van der Waals surface area contributed by atoms with E-state index in [0.29, 0.717) is 86.6 Å². The number of benzene rings is 2. The van der Waals surface area contributed by atoms with Crippen molar-refractivity contribution in [2.45, 2.75) is 253 Å². The fraction of sp³-hybridized carbons (Fsp3) is 0.593. The van der Waals surface area contributed by atoms with Gasteiger partial charge in [0.05, 0.1) is 30.4 Å². The second-order valence-corrected chi connectivity index (χ2v) is 38.6. The van der Waals surface area contributed by atoms with Crippen LogP contribution in [0.15, 0.2) is 132 Å². The van der Waals surface area contributed by atoms with Crippen molar-refractivity contribution in [3.8, 4) is 0 Å². The van der Waals surface area contributed by atoms with Gasteiger partial charge >= 0.3 is 12.1 Å². The molecule has 3 saturated carbocycles. The van der Waals surface area contributed by atoms with Crippen molar-refractivity contribution in [2.24, 2.45) is 35.0 Å². The summed E-state index contributed by atoms with van der Waals surface area (Å²) in [6.45, 7) is 9.58. The number of unbranched alkanes of at least 4 members (excludes halogenated alkanes) is 1. The van der Waals surface area contributed by atoms with Crippen molar-refractivity contribution >= 4 is 98.5 Å². The smallest absolute Gasteiger partial charge is 0.407 e. The molecule has 12 rings (SSSR count). The predicted molar refractivity (Wildman–Crippen MR) is 467 cm³/mol. The summed E-state index contributed by atoms with van der Waals surface area (Å²) in [5, 5.41) is 63.8. The molecule has 3 saturated heterocycles. The summed E-state index contributed by atoms with van der Waals surface area (Å²) < 4.78 is 17.8. The molecule has 0 radical (unpaired) electrons. The van der Waals surface area contributed by atoms with Gasteiger partial charge in [-0.3, -0.25) is 52.7 Å². The Kier molecular flexibility index (Phi) is 31.8. The fourth-order valence-electron chi connectivity index (χ4n) is 19.9. The van der Waals surface area contributed by atoms with E-state index in [9.17, 15) is 34.5 Å². The molecule has 0 bridgehead atoms. The molecule has 20 unspecified atom stereocenters. The van der Waals surface area contributed by atoms with Crippen molar-refractivity contribution < 1.29 is 91.9 Å². The van der Waals surface area contributed by atoms with E-state index in [4.69, 9.17) is 14.2 Å². The lowest BCUT2D eigenvalue weighted by molar-refractivity contribution is -0.203. The Labute approximate surface area is 737 Å². The molecule has 0 aromatic heterocycles. The highest BCUT2D eigenvalue weighted by molar-refractivity contribution is 8.76. The number of carbonyl (C=O) groups excluding carboxylic acids is 13. The molecule has 34 heteroatoms. The van der Waals surface area contributed by atoms with Gasteiger partial charge in [-0.2, -0.15) is 0 Å². The normalized spacial score (nSPS) is 30.6. The maximum Gasteiger partial charge on any atom is 0.407 e. The topological polar surface area (TPSA) is 440 Å². The molecule has 6 fully saturated rings. The molecule has 10 aliphatic rings.